The number of methoxy groups -OCH3 is 1. The summed E-state index contributed by atoms with van der Waals surface area (Å²) in [7, 11) is -2.00. The zero-order chi connectivity index (χ0) is 13.5. The van der Waals surface area contributed by atoms with Crippen molar-refractivity contribution in [2.24, 2.45) is 5.92 Å². The topological polar surface area (TPSA) is 92.7 Å². The predicted octanol–water partition coefficient (Wildman–Crippen LogP) is 0.442. The second-order valence-electron chi connectivity index (χ2n) is 4.31. The molecule has 0 rings (SSSR count). The molecule has 6 nitrogen and oxygen atoms in total. The Morgan fingerprint density at radius 1 is 1.41 bits per heavy atom. The van der Waals surface area contributed by atoms with E-state index in [1.807, 2.05) is 13.8 Å². The SMILES string of the molecule is COC(CC(C)C)CS(=O)(=O)NCCC(=O)O. The first-order valence-electron chi connectivity index (χ1n) is 5.48. The van der Waals surface area contributed by atoms with Crippen LogP contribution in [0.1, 0.15) is 26.7 Å². The van der Waals surface area contributed by atoms with E-state index in [1.54, 1.807) is 0 Å². The largest absolute Gasteiger partial charge is 0.481 e. The van der Waals surface area contributed by atoms with Gasteiger partial charge < -0.3 is 9.84 Å². The third kappa shape index (κ3) is 9.08. The first kappa shape index (κ1) is 16.3. The van der Waals surface area contributed by atoms with Crippen LogP contribution >= 0.6 is 0 Å². The van der Waals surface area contributed by atoms with E-state index >= 15 is 0 Å². The lowest BCUT2D eigenvalue weighted by atomic mass is 10.1. The average Bonchev–Trinajstić information content (AvgIpc) is 2.14. The van der Waals surface area contributed by atoms with E-state index in [-0.39, 0.29) is 24.8 Å². The molecule has 2 N–H and O–H groups in total. The molecule has 1 unspecified atom stereocenters. The summed E-state index contributed by atoms with van der Waals surface area (Å²) in [5.74, 6) is -0.825. The summed E-state index contributed by atoms with van der Waals surface area (Å²) >= 11 is 0. The molecule has 0 aliphatic rings. The molecule has 0 saturated heterocycles. The number of sulfonamides is 1. The highest BCUT2D eigenvalue weighted by Gasteiger charge is 2.19. The quantitative estimate of drug-likeness (QED) is 0.632. The number of aliphatic carboxylic acids is 1. The molecule has 102 valence electrons. The van der Waals surface area contributed by atoms with E-state index in [4.69, 9.17) is 9.84 Å². The average molecular weight is 267 g/mol. The van der Waals surface area contributed by atoms with Crippen LogP contribution in [0.3, 0.4) is 0 Å². The highest BCUT2D eigenvalue weighted by atomic mass is 32.2. The molecular weight excluding hydrogens is 246 g/mol. The van der Waals surface area contributed by atoms with E-state index < -0.39 is 16.0 Å². The van der Waals surface area contributed by atoms with Crippen LogP contribution in [0.15, 0.2) is 0 Å². The van der Waals surface area contributed by atoms with Gasteiger partial charge in [-0.15, -0.1) is 0 Å². The van der Waals surface area contributed by atoms with Crippen molar-refractivity contribution < 1.29 is 23.1 Å². The zero-order valence-electron chi connectivity index (χ0n) is 10.5. The smallest absolute Gasteiger partial charge is 0.304 e. The van der Waals surface area contributed by atoms with Gasteiger partial charge in [-0.3, -0.25) is 4.79 Å². The first-order chi connectivity index (χ1) is 7.76. The number of hydrogen-bond donors (Lipinski definition) is 2. The minimum Gasteiger partial charge on any atom is -0.481 e. The van der Waals surface area contributed by atoms with Gasteiger partial charge in [-0.1, -0.05) is 13.8 Å². The van der Waals surface area contributed by atoms with E-state index in [1.165, 1.54) is 7.11 Å². The van der Waals surface area contributed by atoms with Crippen molar-refractivity contribution in [1.29, 1.82) is 0 Å². The molecule has 0 spiro atoms. The van der Waals surface area contributed by atoms with Crippen molar-refractivity contribution in [2.75, 3.05) is 19.4 Å². The van der Waals surface area contributed by atoms with Gasteiger partial charge in [-0.25, -0.2) is 13.1 Å². The van der Waals surface area contributed by atoms with Crippen molar-refractivity contribution in [3.05, 3.63) is 0 Å². The maximum Gasteiger partial charge on any atom is 0.304 e. The minimum atomic E-state index is -3.47. The Labute approximate surface area is 102 Å². The van der Waals surface area contributed by atoms with Gasteiger partial charge in [0, 0.05) is 13.7 Å². The fourth-order valence-electron chi connectivity index (χ4n) is 1.38. The molecule has 17 heavy (non-hydrogen) atoms. The van der Waals surface area contributed by atoms with Crippen molar-refractivity contribution in [3.8, 4) is 0 Å². The van der Waals surface area contributed by atoms with Crippen LogP contribution in [-0.2, 0) is 19.6 Å². The molecular formula is C10H21NO5S. The Hall–Kier alpha value is -0.660. The highest BCUT2D eigenvalue weighted by molar-refractivity contribution is 7.89. The van der Waals surface area contributed by atoms with Gasteiger partial charge in [0.05, 0.1) is 18.3 Å². The lowest BCUT2D eigenvalue weighted by Gasteiger charge is -2.17. The third-order valence-corrected chi connectivity index (χ3v) is 3.59. The van der Waals surface area contributed by atoms with Gasteiger partial charge >= 0.3 is 5.97 Å². The monoisotopic (exact) mass is 267 g/mol. The van der Waals surface area contributed by atoms with Gasteiger partial charge in [0.15, 0.2) is 0 Å². The molecule has 0 saturated carbocycles. The minimum absolute atomic E-state index is 0.0875. The number of carboxylic acid groups (broad SMARTS) is 1. The Bertz CT molecular complexity index is 326. The van der Waals surface area contributed by atoms with Crippen molar-refractivity contribution in [1.82, 2.24) is 4.72 Å². The summed E-state index contributed by atoms with van der Waals surface area (Å²) in [5, 5.41) is 8.40. The number of ether oxygens (including phenoxy) is 1. The van der Waals surface area contributed by atoms with Gasteiger partial charge in [0.2, 0.25) is 10.0 Å². The van der Waals surface area contributed by atoms with Gasteiger partial charge in [0.1, 0.15) is 0 Å². The summed E-state index contributed by atoms with van der Waals surface area (Å²) in [6.45, 7) is 3.88. The second-order valence-corrected chi connectivity index (χ2v) is 6.16. The molecule has 1 atom stereocenters. The molecule has 7 heteroatoms. The summed E-state index contributed by atoms with van der Waals surface area (Å²) in [5.41, 5.74) is 0. The molecule has 0 aliphatic heterocycles. The van der Waals surface area contributed by atoms with Crippen LogP contribution in [0.5, 0.6) is 0 Å². The number of rotatable bonds is 9. The highest BCUT2D eigenvalue weighted by Crippen LogP contribution is 2.09. The Kier molecular flexibility index (Phi) is 7.33. The van der Waals surface area contributed by atoms with Crippen LogP contribution in [0.4, 0.5) is 0 Å². The molecule has 0 bridgehead atoms. The van der Waals surface area contributed by atoms with Crippen LogP contribution in [-0.4, -0.2) is 45.0 Å². The van der Waals surface area contributed by atoms with Crippen LogP contribution in [0.2, 0.25) is 0 Å². The van der Waals surface area contributed by atoms with Crippen molar-refractivity contribution in [2.45, 2.75) is 32.8 Å². The standard InChI is InChI=1S/C10H21NO5S/c1-8(2)6-9(16-3)7-17(14,15)11-5-4-10(12)13/h8-9,11H,4-7H2,1-3H3,(H,12,13). The fraction of sp³-hybridized carbons (Fsp3) is 0.900. The van der Waals surface area contributed by atoms with E-state index in [9.17, 15) is 13.2 Å². The Balaban J connectivity index is 4.17. The molecule has 0 amide bonds. The zero-order valence-corrected chi connectivity index (χ0v) is 11.3. The van der Waals surface area contributed by atoms with Crippen molar-refractivity contribution >= 4 is 16.0 Å². The van der Waals surface area contributed by atoms with Crippen LogP contribution in [0, 0.1) is 5.92 Å². The van der Waals surface area contributed by atoms with E-state index in [2.05, 4.69) is 4.72 Å². The molecule has 0 aromatic rings. The third-order valence-electron chi connectivity index (χ3n) is 2.13. The Morgan fingerprint density at radius 2 is 2.00 bits per heavy atom. The second kappa shape index (κ2) is 7.62. The molecule has 0 heterocycles. The lowest BCUT2D eigenvalue weighted by molar-refractivity contribution is -0.136. The number of hydrogen-bond acceptors (Lipinski definition) is 4. The van der Waals surface area contributed by atoms with E-state index in [0.29, 0.717) is 12.3 Å². The number of carboxylic acids is 1. The lowest BCUT2D eigenvalue weighted by Crippen LogP contribution is -2.34. The molecule has 0 aromatic carbocycles. The summed E-state index contributed by atoms with van der Waals surface area (Å²) in [6.07, 6.45) is 0.0644. The maximum atomic E-state index is 11.6. The normalized spacial score (nSPS) is 13.9. The van der Waals surface area contributed by atoms with Gasteiger partial charge in [-0.2, -0.15) is 0 Å². The maximum absolute atomic E-state index is 11.6. The van der Waals surface area contributed by atoms with Gasteiger partial charge in [0.25, 0.3) is 0 Å². The summed E-state index contributed by atoms with van der Waals surface area (Å²) in [6, 6.07) is 0. The molecule has 0 fully saturated rings. The van der Waals surface area contributed by atoms with Crippen molar-refractivity contribution in [3.63, 3.8) is 0 Å². The van der Waals surface area contributed by atoms with Gasteiger partial charge in [-0.05, 0) is 12.3 Å². The first-order valence-corrected chi connectivity index (χ1v) is 7.14. The molecule has 0 aromatic heterocycles. The summed E-state index contributed by atoms with van der Waals surface area (Å²) < 4.78 is 30.5. The number of nitrogens with one attached hydrogen (secondary N) is 1. The fourth-order valence-corrected chi connectivity index (χ4v) is 2.67. The number of carbonyl (C=O) groups is 1. The van der Waals surface area contributed by atoms with Crippen LogP contribution < -0.4 is 4.72 Å². The van der Waals surface area contributed by atoms with E-state index in [0.717, 1.165) is 0 Å². The Morgan fingerprint density at radius 3 is 2.41 bits per heavy atom. The molecule has 0 aliphatic carbocycles. The predicted molar refractivity (Wildman–Crippen MR) is 64.3 cm³/mol. The van der Waals surface area contributed by atoms with Crippen LogP contribution in [0.25, 0.3) is 0 Å². The molecule has 0 radical (unpaired) electrons. The summed E-state index contributed by atoms with van der Waals surface area (Å²) in [4.78, 5) is 10.2.